The van der Waals surface area contributed by atoms with Gasteiger partial charge in [0.15, 0.2) is 0 Å². The number of pyridine rings is 1. The van der Waals surface area contributed by atoms with E-state index in [0.717, 1.165) is 60.9 Å². The number of aliphatic hydroxyl groups is 1. The lowest BCUT2D eigenvalue weighted by molar-refractivity contribution is 0.0909. The summed E-state index contributed by atoms with van der Waals surface area (Å²) < 4.78 is 2.18. The number of rotatable bonds is 5. The molecule has 5 nitrogen and oxygen atoms in total. The Morgan fingerprint density at radius 3 is 2.79 bits per heavy atom. The van der Waals surface area contributed by atoms with Crippen LogP contribution in [0, 0.1) is 0 Å². The van der Waals surface area contributed by atoms with Crippen LogP contribution in [0.3, 0.4) is 0 Å². The minimum atomic E-state index is -0.229. The van der Waals surface area contributed by atoms with E-state index in [1.54, 1.807) is 6.20 Å². The van der Waals surface area contributed by atoms with Crippen molar-refractivity contribution in [1.29, 1.82) is 0 Å². The van der Waals surface area contributed by atoms with Gasteiger partial charge in [-0.3, -0.25) is 4.98 Å². The standard InChI is InChI=1S/C20H23ClN4O.3ClH/c21-15-10-16(14-4-1-7-22-12-14)20-18(11-15)24-13-25(20)9-3-5-17-19(26)6-2-8-23-17;;;/h1,4,7,10-13,17,19,23,26H,2-3,5-6,8-9H2;3*1H/t17-,19+;;;/m1.../s1. The monoisotopic (exact) mass is 478 g/mol. The number of benzene rings is 1. The highest BCUT2D eigenvalue weighted by molar-refractivity contribution is 6.31. The number of hydrogen-bond acceptors (Lipinski definition) is 4. The van der Waals surface area contributed by atoms with E-state index in [1.165, 1.54) is 0 Å². The highest BCUT2D eigenvalue weighted by Crippen LogP contribution is 2.31. The van der Waals surface area contributed by atoms with Crippen molar-refractivity contribution in [3.63, 3.8) is 0 Å². The number of aryl methyl sites for hydroxylation is 1. The molecule has 0 spiro atoms. The molecule has 0 amide bonds. The third-order valence-corrected chi connectivity index (χ3v) is 5.33. The summed E-state index contributed by atoms with van der Waals surface area (Å²) in [6, 6.07) is 8.05. The summed E-state index contributed by atoms with van der Waals surface area (Å²) in [5.41, 5.74) is 4.06. The molecule has 0 unspecified atom stereocenters. The number of fused-ring (bicyclic) bond motifs is 1. The average Bonchev–Trinajstić information content (AvgIpc) is 3.06. The quantitative estimate of drug-likeness (QED) is 0.545. The Bertz CT molecular complexity index is 891. The Balaban J connectivity index is 0.00000140. The molecule has 2 N–H and O–H groups in total. The van der Waals surface area contributed by atoms with E-state index in [9.17, 15) is 5.11 Å². The Kier molecular flexibility index (Phi) is 10.7. The molecular weight excluding hydrogens is 454 g/mol. The SMILES string of the molecule is Cl.Cl.Cl.O[C@H]1CCCN[C@@H]1CCCn1cnc2cc(Cl)cc(-c3cccnc3)c21. The van der Waals surface area contributed by atoms with E-state index in [1.807, 2.05) is 36.8 Å². The molecule has 1 aromatic carbocycles. The molecule has 1 aliphatic rings. The van der Waals surface area contributed by atoms with Gasteiger partial charge in [-0.15, -0.1) is 37.2 Å². The first-order chi connectivity index (χ1) is 12.7. The molecule has 9 heteroatoms. The van der Waals surface area contributed by atoms with Crippen molar-refractivity contribution < 1.29 is 5.11 Å². The fourth-order valence-electron chi connectivity index (χ4n) is 3.80. The molecule has 0 bridgehead atoms. The smallest absolute Gasteiger partial charge is 0.0958 e. The molecule has 1 fully saturated rings. The van der Waals surface area contributed by atoms with Gasteiger partial charge < -0.3 is 15.0 Å². The van der Waals surface area contributed by atoms with Gasteiger partial charge in [0.25, 0.3) is 0 Å². The summed E-state index contributed by atoms with van der Waals surface area (Å²) >= 11 is 6.30. The number of aliphatic hydroxyl groups excluding tert-OH is 1. The molecule has 4 rings (SSSR count). The first kappa shape index (κ1) is 26.0. The molecule has 2 atom stereocenters. The number of nitrogens with one attached hydrogen (secondary N) is 1. The summed E-state index contributed by atoms with van der Waals surface area (Å²) in [4.78, 5) is 8.77. The summed E-state index contributed by atoms with van der Waals surface area (Å²) in [5.74, 6) is 0. The van der Waals surface area contributed by atoms with Gasteiger partial charge in [-0.05, 0) is 50.4 Å². The van der Waals surface area contributed by atoms with E-state index in [4.69, 9.17) is 11.6 Å². The van der Waals surface area contributed by atoms with Crippen LogP contribution in [0.25, 0.3) is 22.2 Å². The molecule has 3 heterocycles. The molecule has 29 heavy (non-hydrogen) atoms. The van der Waals surface area contributed by atoms with Crippen LogP contribution in [0.4, 0.5) is 0 Å². The molecule has 3 aromatic rings. The number of piperidine rings is 1. The fraction of sp³-hybridized carbons (Fsp3) is 0.400. The molecular formula is C20H26Cl4N4O. The van der Waals surface area contributed by atoms with Crippen LogP contribution in [0.2, 0.25) is 5.02 Å². The number of hydrogen-bond donors (Lipinski definition) is 2. The topological polar surface area (TPSA) is 63.0 Å². The zero-order valence-corrected chi connectivity index (χ0v) is 19.0. The maximum Gasteiger partial charge on any atom is 0.0958 e. The highest BCUT2D eigenvalue weighted by Gasteiger charge is 2.22. The molecule has 0 radical (unpaired) electrons. The lowest BCUT2D eigenvalue weighted by Gasteiger charge is -2.29. The second-order valence-electron chi connectivity index (χ2n) is 6.91. The highest BCUT2D eigenvalue weighted by atomic mass is 35.5. The molecule has 160 valence electrons. The van der Waals surface area contributed by atoms with Crippen LogP contribution in [0.15, 0.2) is 43.0 Å². The van der Waals surface area contributed by atoms with Crippen molar-refractivity contribution >= 4 is 59.9 Å². The van der Waals surface area contributed by atoms with Crippen molar-refractivity contribution in [2.45, 2.75) is 44.4 Å². The number of halogens is 4. The summed E-state index contributed by atoms with van der Waals surface area (Å²) in [5, 5.41) is 14.2. The predicted molar refractivity (Wildman–Crippen MR) is 126 cm³/mol. The average molecular weight is 480 g/mol. The van der Waals surface area contributed by atoms with Gasteiger partial charge in [-0.2, -0.15) is 0 Å². The Morgan fingerprint density at radius 1 is 1.24 bits per heavy atom. The lowest BCUT2D eigenvalue weighted by atomic mass is 9.97. The van der Waals surface area contributed by atoms with E-state index in [0.29, 0.717) is 5.02 Å². The van der Waals surface area contributed by atoms with Gasteiger partial charge in [0.1, 0.15) is 0 Å². The molecule has 0 aliphatic carbocycles. The van der Waals surface area contributed by atoms with Gasteiger partial charge in [0, 0.05) is 41.1 Å². The second-order valence-corrected chi connectivity index (χ2v) is 7.35. The van der Waals surface area contributed by atoms with Gasteiger partial charge in [-0.1, -0.05) is 17.7 Å². The van der Waals surface area contributed by atoms with E-state index in [2.05, 4.69) is 19.9 Å². The Morgan fingerprint density at radius 2 is 2.07 bits per heavy atom. The number of imidazole rings is 1. The third kappa shape index (κ3) is 5.97. The van der Waals surface area contributed by atoms with Crippen LogP contribution in [0.1, 0.15) is 25.7 Å². The van der Waals surface area contributed by atoms with Crippen molar-refractivity contribution in [2.24, 2.45) is 0 Å². The molecule has 0 saturated carbocycles. The van der Waals surface area contributed by atoms with Crippen LogP contribution in [0.5, 0.6) is 0 Å². The van der Waals surface area contributed by atoms with Crippen LogP contribution in [-0.2, 0) is 6.54 Å². The summed E-state index contributed by atoms with van der Waals surface area (Å²) in [7, 11) is 0. The minimum absolute atomic E-state index is 0. The van der Waals surface area contributed by atoms with Crippen LogP contribution < -0.4 is 5.32 Å². The van der Waals surface area contributed by atoms with Gasteiger partial charge >= 0.3 is 0 Å². The van der Waals surface area contributed by atoms with Crippen LogP contribution >= 0.6 is 48.8 Å². The van der Waals surface area contributed by atoms with E-state index >= 15 is 0 Å². The second kappa shape index (κ2) is 11.9. The van der Waals surface area contributed by atoms with Gasteiger partial charge in [-0.25, -0.2) is 4.98 Å². The normalized spacial score (nSPS) is 18.4. The predicted octanol–water partition coefficient (Wildman–Crippen LogP) is 4.91. The van der Waals surface area contributed by atoms with Crippen molar-refractivity contribution in [3.8, 4) is 11.1 Å². The number of nitrogens with zero attached hydrogens (tertiary/aromatic N) is 3. The fourth-order valence-corrected chi connectivity index (χ4v) is 4.01. The first-order valence-electron chi connectivity index (χ1n) is 9.18. The van der Waals surface area contributed by atoms with Crippen molar-refractivity contribution in [1.82, 2.24) is 19.9 Å². The molecule has 2 aromatic heterocycles. The maximum absolute atomic E-state index is 10.1. The first-order valence-corrected chi connectivity index (χ1v) is 9.56. The van der Waals surface area contributed by atoms with Crippen molar-refractivity contribution in [3.05, 3.63) is 48.0 Å². The van der Waals surface area contributed by atoms with Crippen molar-refractivity contribution in [2.75, 3.05) is 6.54 Å². The lowest BCUT2D eigenvalue weighted by Crippen LogP contribution is -2.44. The van der Waals surface area contributed by atoms with E-state index < -0.39 is 0 Å². The maximum atomic E-state index is 10.1. The van der Waals surface area contributed by atoms with Crippen LogP contribution in [-0.4, -0.2) is 38.3 Å². The summed E-state index contributed by atoms with van der Waals surface area (Å²) in [6.45, 7) is 1.86. The minimum Gasteiger partial charge on any atom is -0.392 e. The van der Waals surface area contributed by atoms with E-state index in [-0.39, 0.29) is 49.4 Å². The van der Waals surface area contributed by atoms with Gasteiger partial charge in [0.2, 0.25) is 0 Å². The third-order valence-electron chi connectivity index (χ3n) is 5.11. The zero-order valence-electron chi connectivity index (χ0n) is 15.8. The summed E-state index contributed by atoms with van der Waals surface area (Å²) in [6.07, 6.45) is 9.16. The molecule has 1 saturated heterocycles. The molecule has 1 aliphatic heterocycles. The Hall–Kier alpha value is -1.08. The number of aromatic nitrogens is 3. The Labute approximate surface area is 194 Å². The van der Waals surface area contributed by atoms with Gasteiger partial charge in [0.05, 0.1) is 23.5 Å². The zero-order chi connectivity index (χ0) is 17.9. The largest absolute Gasteiger partial charge is 0.392 e.